The number of piperidine rings is 1. The molecule has 0 bridgehead atoms. The van der Waals surface area contributed by atoms with Crippen LogP contribution in [0.5, 0.6) is 0 Å². The minimum atomic E-state index is -0.953. The first-order chi connectivity index (χ1) is 11.5. The first-order valence-corrected chi connectivity index (χ1v) is 10.6. The fourth-order valence-electron chi connectivity index (χ4n) is 4.64. The van der Waals surface area contributed by atoms with E-state index in [4.69, 9.17) is 9.47 Å². The summed E-state index contributed by atoms with van der Waals surface area (Å²) in [7, 11) is 2.62. The summed E-state index contributed by atoms with van der Waals surface area (Å²) < 4.78 is 24.1. The zero-order valence-electron chi connectivity index (χ0n) is 15.3. The van der Waals surface area contributed by atoms with Crippen molar-refractivity contribution < 1.29 is 13.7 Å². The molecule has 2 saturated heterocycles. The third kappa shape index (κ3) is 3.86. The predicted molar refractivity (Wildman–Crippen MR) is 96.2 cm³/mol. The van der Waals surface area contributed by atoms with Crippen molar-refractivity contribution in [3.05, 3.63) is 0 Å². The highest BCUT2D eigenvalue weighted by atomic mass is 32.2. The van der Waals surface area contributed by atoms with Crippen LogP contribution in [0.3, 0.4) is 0 Å². The van der Waals surface area contributed by atoms with Crippen LogP contribution in [0, 0.1) is 11.8 Å². The lowest BCUT2D eigenvalue weighted by molar-refractivity contribution is -0.0137. The second-order valence-corrected chi connectivity index (χ2v) is 9.26. The molecule has 0 radical (unpaired) electrons. The predicted octanol–water partition coefficient (Wildman–Crippen LogP) is 0.407. The molecule has 6 nitrogen and oxygen atoms in total. The quantitative estimate of drug-likeness (QED) is 0.660. The fraction of sp³-hybridized carbons (Fsp3) is 1.00. The molecule has 7 heteroatoms. The smallest absolute Gasteiger partial charge is 0.136 e. The lowest BCUT2D eigenvalue weighted by Crippen LogP contribution is -2.55. The highest BCUT2D eigenvalue weighted by Gasteiger charge is 2.42. The van der Waals surface area contributed by atoms with Crippen LogP contribution in [0.25, 0.3) is 0 Å². The van der Waals surface area contributed by atoms with E-state index in [9.17, 15) is 4.21 Å². The van der Waals surface area contributed by atoms with Gasteiger partial charge in [-0.05, 0) is 31.1 Å². The Morgan fingerprint density at radius 1 is 1.08 bits per heavy atom. The first kappa shape index (κ1) is 18.7. The van der Waals surface area contributed by atoms with Crippen LogP contribution in [0.4, 0.5) is 0 Å². The van der Waals surface area contributed by atoms with E-state index in [1.165, 1.54) is 0 Å². The van der Waals surface area contributed by atoms with E-state index in [0.29, 0.717) is 35.8 Å². The maximum absolute atomic E-state index is 12.9. The molecule has 3 N–H and O–H groups in total. The van der Waals surface area contributed by atoms with Crippen LogP contribution in [0.1, 0.15) is 33.1 Å². The average molecular weight is 360 g/mol. The number of fused-ring (bicyclic) bond motifs is 1. The Kier molecular flexibility index (Phi) is 6.32. The van der Waals surface area contributed by atoms with E-state index in [-0.39, 0.29) is 17.6 Å². The Hall–Kier alpha value is -0.0500. The molecule has 9 atom stereocenters. The third-order valence-electron chi connectivity index (χ3n) is 6.16. The molecule has 3 aliphatic rings. The van der Waals surface area contributed by atoms with E-state index < -0.39 is 10.8 Å². The molecule has 2 aliphatic heterocycles. The van der Waals surface area contributed by atoms with Gasteiger partial charge in [0.2, 0.25) is 0 Å². The summed E-state index contributed by atoms with van der Waals surface area (Å²) in [5.74, 6) is 1.52. The van der Waals surface area contributed by atoms with E-state index in [1.807, 2.05) is 0 Å². The van der Waals surface area contributed by atoms with Crippen molar-refractivity contribution in [1.29, 1.82) is 0 Å². The van der Waals surface area contributed by atoms with Gasteiger partial charge in [-0.3, -0.25) is 14.8 Å². The minimum Gasteiger partial charge on any atom is -0.381 e. The van der Waals surface area contributed by atoms with Crippen LogP contribution in [-0.4, -0.2) is 66.6 Å². The van der Waals surface area contributed by atoms with Gasteiger partial charge < -0.3 is 14.8 Å². The molecule has 1 saturated carbocycles. The highest BCUT2D eigenvalue weighted by Crippen LogP contribution is 2.27. The highest BCUT2D eigenvalue weighted by molar-refractivity contribution is 7.85. The van der Waals surface area contributed by atoms with Gasteiger partial charge in [0, 0.05) is 44.6 Å². The van der Waals surface area contributed by atoms with Crippen molar-refractivity contribution in [2.24, 2.45) is 11.8 Å². The van der Waals surface area contributed by atoms with Crippen molar-refractivity contribution in [3.8, 4) is 0 Å². The largest absolute Gasteiger partial charge is 0.381 e. The van der Waals surface area contributed by atoms with Gasteiger partial charge in [0.05, 0.1) is 23.0 Å². The van der Waals surface area contributed by atoms with Gasteiger partial charge in [-0.25, -0.2) is 0 Å². The topological polar surface area (TPSA) is 71.6 Å². The number of hydrogen-bond donors (Lipinski definition) is 3. The summed E-state index contributed by atoms with van der Waals surface area (Å²) in [6.45, 7) is 5.34. The number of hydrogen-bond acceptors (Lipinski definition) is 6. The van der Waals surface area contributed by atoms with Gasteiger partial charge >= 0.3 is 0 Å². The number of methoxy groups -OCH3 is 2. The minimum absolute atomic E-state index is 0.107. The van der Waals surface area contributed by atoms with Crippen LogP contribution in [0.15, 0.2) is 0 Å². The average Bonchev–Trinajstić information content (AvgIpc) is 3.01. The van der Waals surface area contributed by atoms with Gasteiger partial charge in [0.15, 0.2) is 0 Å². The zero-order valence-corrected chi connectivity index (χ0v) is 16.1. The van der Waals surface area contributed by atoms with Crippen LogP contribution in [0.2, 0.25) is 0 Å². The number of rotatable bonds is 5. The van der Waals surface area contributed by atoms with Crippen LogP contribution >= 0.6 is 0 Å². The molecule has 0 spiro atoms. The maximum atomic E-state index is 12.9. The van der Waals surface area contributed by atoms with Crippen molar-refractivity contribution in [2.45, 2.75) is 68.9 Å². The SMILES string of the molecule is COC1CCC2NC(S(=O)CC3NCC(C)C(OC)C3C)NC2C1. The lowest BCUT2D eigenvalue weighted by Gasteiger charge is -2.40. The zero-order chi connectivity index (χ0) is 17.3. The van der Waals surface area contributed by atoms with Crippen LogP contribution in [-0.2, 0) is 20.3 Å². The standard InChI is InChI=1S/C17H33N3O3S/c1-10-8-18-15(11(2)16(10)23-4)9-24(21)17-19-13-6-5-12(22-3)7-14(13)20-17/h10-20H,5-9H2,1-4H3. The normalized spacial score (nSPS) is 47.3. The molecule has 3 rings (SSSR count). The van der Waals surface area contributed by atoms with Crippen LogP contribution < -0.4 is 16.0 Å². The fourth-order valence-corrected chi connectivity index (χ4v) is 6.26. The molecule has 1 aliphatic carbocycles. The Labute approximate surface area is 148 Å². The molecule has 0 aromatic carbocycles. The molecule has 3 fully saturated rings. The van der Waals surface area contributed by atoms with E-state index in [0.717, 1.165) is 25.8 Å². The second-order valence-electron chi connectivity index (χ2n) is 7.70. The van der Waals surface area contributed by atoms with Gasteiger partial charge in [0.25, 0.3) is 0 Å². The summed E-state index contributed by atoms with van der Waals surface area (Å²) in [5.41, 5.74) is -0.107. The van der Waals surface area contributed by atoms with E-state index in [2.05, 4.69) is 29.8 Å². The Morgan fingerprint density at radius 2 is 1.83 bits per heavy atom. The second kappa shape index (κ2) is 8.10. The summed E-state index contributed by atoms with van der Waals surface area (Å²) in [4.78, 5) is 0. The van der Waals surface area contributed by atoms with Gasteiger partial charge in [-0.2, -0.15) is 0 Å². The molecule has 24 heavy (non-hydrogen) atoms. The summed E-state index contributed by atoms with van der Waals surface area (Å²) in [6.07, 6.45) is 3.74. The van der Waals surface area contributed by atoms with E-state index >= 15 is 0 Å². The monoisotopic (exact) mass is 359 g/mol. The summed E-state index contributed by atoms with van der Waals surface area (Å²) in [5, 5.41) is 10.7. The maximum Gasteiger partial charge on any atom is 0.136 e. The van der Waals surface area contributed by atoms with Crippen molar-refractivity contribution in [2.75, 3.05) is 26.5 Å². The molecule has 2 heterocycles. The number of ether oxygens (including phenoxy) is 2. The molecule has 140 valence electrons. The Morgan fingerprint density at radius 3 is 2.54 bits per heavy atom. The molecular weight excluding hydrogens is 326 g/mol. The molecule has 0 amide bonds. The molecular formula is C17H33N3O3S. The first-order valence-electron chi connectivity index (χ1n) is 9.21. The lowest BCUT2D eigenvalue weighted by atomic mass is 9.84. The van der Waals surface area contributed by atoms with Gasteiger partial charge in [-0.1, -0.05) is 13.8 Å². The van der Waals surface area contributed by atoms with Gasteiger partial charge in [-0.15, -0.1) is 0 Å². The molecule has 0 aromatic rings. The Balaban J connectivity index is 1.54. The van der Waals surface area contributed by atoms with Gasteiger partial charge in [0.1, 0.15) is 5.50 Å². The Bertz CT molecular complexity index is 453. The van der Waals surface area contributed by atoms with Crippen molar-refractivity contribution in [1.82, 2.24) is 16.0 Å². The molecule has 9 unspecified atom stereocenters. The summed E-state index contributed by atoms with van der Waals surface area (Å²) >= 11 is 0. The number of nitrogens with one attached hydrogen (secondary N) is 3. The van der Waals surface area contributed by atoms with Crippen molar-refractivity contribution >= 4 is 10.8 Å². The molecule has 0 aromatic heterocycles. The third-order valence-corrected chi connectivity index (χ3v) is 7.65. The van der Waals surface area contributed by atoms with Crippen molar-refractivity contribution in [3.63, 3.8) is 0 Å². The summed E-state index contributed by atoms with van der Waals surface area (Å²) in [6, 6.07) is 1.04. The van der Waals surface area contributed by atoms with E-state index in [1.54, 1.807) is 14.2 Å².